The van der Waals surface area contributed by atoms with Gasteiger partial charge in [0.05, 0.1) is 0 Å². The molecule has 1 N–H and O–H groups in total. The summed E-state index contributed by atoms with van der Waals surface area (Å²) in [5.41, 5.74) is 4.11. The van der Waals surface area contributed by atoms with Gasteiger partial charge in [0.25, 0.3) is 0 Å². The van der Waals surface area contributed by atoms with Gasteiger partial charge in [-0.25, -0.2) is 4.98 Å². The highest BCUT2D eigenvalue weighted by Gasteiger charge is 2.09. The summed E-state index contributed by atoms with van der Waals surface area (Å²) in [6, 6.07) is 20.0. The first kappa shape index (κ1) is 16.2. The molecule has 4 aromatic rings. The van der Waals surface area contributed by atoms with Crippen molar-refractivity contribution in [3.8, 4) is 11.5 Å². The monoisotopic (exact) mass is 344 g/mol. The van der Waals surface area contributed by atoms with E-state index in [2.05, 4.69) is 22.1 Å². The smallest absolute Gasteiger partial charge is 0.137 e. The highest BCUT2D eigenvalue weighted by Crippen LogP contribution is 2.29. The zero-order valence-electron chi connectivity index (χ0n) is 14.6. The number of rotatable bonds is 6. The molecular weight excluding hydrogens is 324 g/mol. The van der Waals surface area contributed by atoms with Crippen molar-refractivity contribution in [3.63, 3.8) is 0 Å². The molecule has 130 valence electrons. The first-order chi connectivity index (χ1) is 12.8. The third-order valence-electron chi connectivity index (χ3n) is 4.39. The van der Waals surface area contributed by atoms with Crippen LogP contribution in [0.25, 0.3) is 11.0 Å². The fourth-order valence-electron chi connectivity index (χ4n) is 2.93. The van der Waals surface area contributed by atoms with Gasteiger partial charge in [0.1, 0.15) is 30.4 Å². The number of nitrogens with one attached hydrogen (secondary N) is 1. The number of hydrogen-bond donors (Lipinski definition) is 1. The van der Waals surface area contributed by atoms with E-state index in [0.717, 1.165) is 39.2 Å². The van der Waals surface area contributed by atoms with Crippen molar-refractivity contribution in [1.29, 1.82) is 0 Å². The molecule has 0 aliphatic heterocycles. The number of aromatic nitrogens is 2. The lowest BCUT2D eigenvalue weighted by molar-refractivity contribution is 0.287. The van der Waals surface area contributed by atoms with Gasteiger partial charge in [-0.05, 0) is 36.8 Å². The topological polar surface area (TPSA) is 47.1 Å². The average Bonchev–Trinajstić information content (AvgIpc) is 3.10. The molecule has 0 fully saturated rings. The van der Waals surface area contributed by atoms with Gasteiger partial charge in [0.15, 0.2) is 0 Å². The van der Waals surface area contributed by atoms with Crippen LogP contribution in [0.5, 0.6) is 11.5 Å². The highest BCUT2D eigenvalue weighted by molar-refractivity contribution is 5.79. The summed E-state index contributed by atoms with van der Waals surface area (Å²) in [4.78, 5) is 7.48. The Hall–Kier alpha value is -3.27. The molecule has 0 unspecified atom stereocenters. The first-order valence-electron chi connectivity index (χ1n) is 8.61. The van der Waals surface area contributed by atoms with E-state index in [-0.39, 0.29) is 0 Å². The van der Waals surface area contributed by atoms with Crippen LogP contribution in [0.15, 0.2) is 73.1 Å². The Bertz CT molecular complexity index is 1010. The third-order valence-corrected chi connectivity index (χ3v) is 4.39. The van der Waals surface area contributed by atoms with Crippen LogP contribution in [0.4, 0.5) is 0 Å². The number of fused-ring (bicyclic) bond motifs is 1. The molecule has 2 aromatic carbocycles. The van der Waals surface area contributed by atoms with Crippen molar-refractivity contribution >= 4 is 11.0 Å². The molecule has 26 heavy (non-hydrogen) atoms. The highest BCUT2D eigenvalue weighted by atomic mass is 16.5. The molecule has 0 spiro atoms. The molecule has 0 atom stereocenters. The van der Waals surface area contributed by atoms with Gasteiger partial charge in [0.2, 0.25) is 0 Å². The van der Waals surface area contributed by atoms with Crippen LogP contribution in [-0.2, 0) is 13.2 Å². The second kappa shape index (κ2) is 7.31. The summed E-state index contributed by atoms with van der Waals surface area (Å²) >= 11 is 0. The predicted molar refractivity (Wildman–Crippen MR) is 102 cm³/mol. The summed E-state index contributed by atoms with van der Waals surface area (Å²) in [5, 5.41) is 1.08. The largest absolute Gasteiger partial charge is 0.488 e. The maximum absolute atomic E-state index is 6.05. The number of ether oxygens (including phenoxy) is 2. The van der Waals surface area contributed by atoms with E-state index in [1.165, 1.54) is 0 Å². The van der Waals surface area contributed by atoms with Crippen LogP contribution >= 0.6 is 0 Å². The Morgan fingerprint density at radius 3 is 2.42 bits per heavy atom. The molecule has 2 heterocycles. The Morgan fingerprint density at radius 2 is 1.62 bits per heavy atom. The minimum absolute atomic E-state index is 0.481. The van der Waals surface area contributed by atoms with Crippen LogP contribution in [-0.4, -0.2) is 9.97 Å². The molecule has 0 saturated carbocycles. The number of hydrogen-bond acceptors (Lipinski definition) is 3. The van der Waals surface area contributed by atoms with E-state index >= 15 is 0 Å². The molecule has 4 rings (SSSR count). The van der Waals surface area contributed by atoms with Crippen molar-refractivity contribution in [2.24, 2.45) is 0 Å². The number of aromatic amines is 1. The summed E-state index contributed by atoms with van der Waals surface area (Å²) in [5.74, 6) is 1.67. The van der Waals surface area contributed by atoms with E-state index in [4.69, 9.17) is 9.47 Å². The van der Waals surface area contributed by atoms with Gasteiger partial charge >= 0.3 is 0 Å². The van der Waals surface area contributed by atoms with Crippen molar-refractivity contribution in [2.45, 2.75) is 20.1 Å². The van der Waals surface area contributed by atoms with Crippen LogP contribution in [0, 0.1) is 6.92 Å². The van der Waals surface area contributed by atoms with Crippen molar-refractivity contribution < 1.29 is 9.47 Å². The minimum atomic E-state index is 0.481. The van der Waals surface area contributed by atoms with Crippen molar-refractivity contribution in [2.75, 3.05) is 0 Å². The van der Waals surface area contributed by atoms with E-state index in [9.17, 15) is 0 Å². The van der Waals surface area contributed by atoms with Gasteiger partial charge in [-0.1, -0.05) is 36.4 Å². The van der Waals surface area contributed by atoms with Crippen LogP contribution < -0.4 is 9.47 Å². The van der Waals surface area contributed by atoms with Crippen LogP contribution in [0.2, 0.25) is 0 Å². The third kappa shape index (κ3) is 3.40. The first-order valence-corrected chi connectivity index (χ1v) is 8.61. The standard InChI is InChI=1S/C22H20N2O2/c1-16-20(25-14-17-7-3-2-4-8-17)10-5-11-21(16)26-15-18-13-24-22-19(18)9-6-12-23-22/h2-13H,14-15H2,1H3,(H,23,24). The lowest BCUT2D eigenvalue weighted by atomic mass is 10.2. The number of benzene rings is 2. The molecule has 4 heteroatoms. The van der Waals surface area contributed by atoms with Gasteiger partial charge < -0.3 is 14.5 Å². The zero-order valence-corrected chi connectivity index (χ0v) is 14.6. The summed E-state index contributed by atoms with van der Waals surface area (Å²) < 4.78 is 12.0. The summed E-state index contributed by atoms with van der Waals surface area (Å²) in [6.45, 7) is 3.04. The van der Waals surface area contributed by atoms with Crippen molar-refractivity contribution in [3.05, 3.63) is 89.7 Å². The van der Waals surface area contributed by atoms with Gasteiger partial charge in [-0.15, -0.1) is 0 Å². The number of H-pyrrole nitrogens is 1. The Kier molecular flexibility index (Phi) is 4.56. The molecular formula is C22H20N2O2. The molecule has 0 bridgehead atoms. The van der Waals surface area contributed by atoms with E-state index in [1.807, 2.05) is 61.7 Å². The molecule has 4 nitrogen and oxygen atoms in total. The average molecular weight is 344 g/mol. The molecule has 0 amide bonds. The quantitative estimate of drug-likeness (QED) is 0.534. The molecule has 0 aliphatic carbocycles. The molecule has 0 saturated heterocycles. The van der Waals surface area contributed by atoms with Crippen molar-refractivity contribution in [1.82, 2.24) is 9.97 Å². The maximum Gasteiger partial charge on any atom is 0.137 e. The second-order valence-corrected chi connectivity index (χ2v) is 6.16. The normalized spacial score (nSPS) is 10.8. The fourth-order valence-corrected chi connectivity index (χ4v) is 2.93. The number of pyridine rings is 1. The zero-order chi connectivity index (χ0) is 17.8. The van der Waals surface area contributed by atoms with E-state index in [0.29, 0.717) is 13.2 Å². The van der Waals surface area contributed by atoms with E-state index in [1.54, 1.807) is 6.20 Å². The Labute approximate surface area is 152 Å². The molecule has 0 radical (unpaired) electrons. The Balaban J connectivity index is 1.47. The van der Waals surface area contributed by atoms with Gasteiger partial charge in [-0.3, -0.25) is 0 Å². The van der Waals surface area contributed by atoms with Gasteiger partial charge in [-0.2, -0.15) is 0 Å². The second-order valence-electron chi connectivity index (χ2n) is 6.16. The fraction of sp³-hybridized carbons (Fsp3) is 0.136. The number of nitrogens with zero attached hydrogens (tertiary/aromatic N) is 1. The summed E-state index contributed by atoms with van der Waals surface area (Å²) in [7, 11) is 0. The SMILES string of the molecule is Cc1c(OCc2ccccc2)cccc1OCc1c[nH]c2ncccc12. The molecule has 0 aliphatic rings. The predicted octanol–water partition coefficient (Wildman–Crippen LogP) is 5.03. The maximum atomic E-state index is 6.05. The van der Waals surface area contributed by atoms with Crippen LogP contribution in [0.1, 0.15) is 16.7 Å². The minimum Gasteiger partial charge on any atom is -0.488 e. The Morgan fingerprint density at radius 1 is 0.846 bits per heavy atom. The van der Waals surface area contributed by atoms with Crippen LogP contribution in [0.3, 0.4) is 0 Å². The lowest BCUT2D eigenvalue weighted by Crippen LogP contribution is -2.00. The van der Waals surface area contributed by atoms with Gasteiger partial charge in [0, 0.05) is 28.9 Å². The lowest BCUT2D eigenvalue weighted by Gasteiger charge is -2.13. The molecule has 2 aromatic heterocycles. The summed E-state index contributed by atoms with van der Waals surface area (Å²) in [6.07, 6.45) is 3.73. The van der Waals surface area contributed by atoms with E-state index < -0.39 is 0 Å².